The average molecular weight is 331 g/mol. The number of hydrogen-bond donors (Lipinski definition) is 1. The van der Waals surface area contributed by atoms with Crippen LogP contribution in [0.4, 0.5) is 0 Å². The average Bonchev–Trinajstić information content (AvgIpc) is 2.53. The Labute approximate surface area is 135 Å². The molecule has 0 fully saturated rings. The molecule has 0 amide bonds. The molecule has 120 valence electrons. The number of rotatable bonds is 6. The van der Waals surface area contributed by atoms with Crippen LogP contribution < -0.4 is 4.72 Å². The Hall–Kier alpha value is -2.31. The smallest absolute Gasteiger partial charge is 0.240 e. The maximum atomic E-state index is 12.2. The van der Waals surface area contributed by atoms with Gasteiger partial charge in [-0.25, -0.2) is 13.1 Å². The summed E-state index contributed by atoms with van der Waals surface area (Å²) in [5.74, 6) is -0.197. The van der Waals surface area contributed by atoms with E-state index in [-0.39, 0.29) is 23.0 Å². The van der Waals surface area contributed by atoms with Crippen LogP contribution in [0.3, 0.4) is 0 Å². The molecule has 0 spiro atoms. The van der Waals surface area contributed by atoms with Gasteiger partial charge in [0.1, 0.15) is 0 Å². The summed E-state index contributed by atoms with van der Waals surface area (Å²) >= 11 is 0. The second kappa shape index (κ2) is 6.85. The van der Waals surface area contributed by atoms with Crippen LogP contribution in [0.2, 0.25) is 0 Å². The fraction of sp³-hybridized carbons (Fsp3) is 0.176. The Bertz CT molecular complexity index is 839. The molecule has 0 bridgehead atoms. The molecule has 0 aliphatic rings. The van der Waals surface area contributed by atoms with Crippen LogP contribution in [0.15, 0.2) is 53.4 Å². The highest BCUT2D eigenvalue weighted by Crippen LogP contribution is 2.12. The van der Waals surface area contributed by atoms with Gasteiger partial charge in [0, 0.05) is 17.7 Å². The Morgan fingerprint density at radius 2 is 1.52 bits per heavy atom. The molecular weight excluding hydrogens is 314 g/mol. The van der Waals surface area contributed by atoms with Crippen molar-refractivity contribution in [2.75, 3.05) is 0 Å². The van der Waals surface area contributed by atoms with E-state index in [1.54, 1.807) is 24.3 Å². The first-order valence-corrected chi connectivity index (χ1v) is 8.48. The Kier molecular flexibility index (Phi) is 5.08. The van der Waals surface area contributed by atoms with Crippen molar-refractivity contribution < 1.29 is 18.0 Å². The van der Waals surface area contributed by atoms with Crippen molar-refractivity contribution in [2.45, 2.75) is 25.3 Å². The number of hydrogen-bond acceptors (Lipinski definition) is 4. The minimum absolute atomic E-state index is 0.0745. The van der Waals surface area contributed by atoms with Crippen molar-refractivity contribution in [3.05, 3.63) is 65.2 Å². The summed E-state index contributed by atoms with van der Waals surface area (Å²) in [6, 6.07) is 12.5. The Morgan fingerprint density at radius 3 is 2.09 bits per heavy atom. The van der Waals surface area contributed by atoms with E-state index in [9.17, 15) is 18.0 Å². The lowest BCUT2D eigenvalue weighted by atomic mass is 10.1. The van der Waals surface area contributed by atoms with E-state index in [2.05, 4.69) is 4.72 Å². The highest BCUT2D eigenvalue weighted by molar-refractivity contribution is 7.89. The second-order valence-electron chi connectivity index (χ2n) is 5.16. The summed E-state index contributed by atoms with van der Waals surface area (Å²) in [6.45, 7) is 2.96. The van der Waals surface area contributed by atoms with Crippen molar-refractivity contribution in [1.29, 1.82) is 0 Å². The molecule has 0 aliphatic heterocycles. The van der Waals surface area contributed by atoms with Gasteiger partial charge in [-0.05, 0) is 37.6 Å². The lowest BCUT2D eigenvalue weighted by Gasteiger charge is -2.08. The number of carbonyl (C=O) groups excluding carboxylic acids is 2. The predicted octanol–water partition coefficient (Wildman–Crippen LogP) is 2.57. The van der Waals surface area contributed by atoms with Gasteiger partial charge >= 0.3 is 0 Å². The maximum absolute atomic E-state index is 12.2. The van der Waals surface area contributed by atoms with Gasteiger partial charge in [-0.1, -0.05) is 30.3 Å². The van der Waals surface area contributed by atoms with Crippen LogP contribution >= 0.6 is 0 Å². The summed E-state index contributed by atoms with van der Waals surface area (Å²) in [6.07, 6.45) is 0. The van der Waals surface area contributed by atoms with Gasteiger partial charge in [0.05, 0.1) is 4.90 Å². The zero-order valence-electron chi connectivity index (χ0n) is 12.9. The van der Waals surface area contributed by atoms with E-state index < -0.39 is 10.0 Å². The SMILES string of the molecule is CC(=O)c1ccc(S(=O)(=O)NCc2cccc(C(C)=O)c2)cc1. The molecule has 6 heteroatoms. The van der Waals surface area contributed by atoms with Crippen LogP contribution in [-0.2, 0) is 16.6 Å². The van der Waals surface area contributed by atoms with Crippen LogP contribution in [0.5, 0.6) is 0 Å². The summed E-state index contributed by atoms with van der Waals surface area (Å²) in [5, 5.41) is 0. The third-order valence-corrected chi connectivity index (χ3v) is 4.79. The lowest BCUT2D eigenvalue weighted by Crippen LogP contribution is -2.23. The molecule has 0 unspecified atom stereocenters. The van der Waals surface area contributed by atoms with Crippen LogP contribution in [0.25, 0.3) is 0 Å². The molecule has 0 atom stereocenters. The normalized spacial score (nSPS) is 11.2. The highest BCUT2D eigenvalue weighted by atomic mass is 32.2. The molecule has 0 heterocycles. The van der Waals surface area contributed by atoms with Gasteiger partial charge in [-0.2, -0.15) is 0 Å². The zero-order chi connectivity index (χ0) is 17.0. The third kappa shape index (κ3) is 4.34. The van der Waals surface area contributed by atoms with Gasteiger partial charge in [0.15, 0.2) is 11.6 Å². The standard InChI is InChI=1S/C17H17NO4S/c1-12(19)15-6-8-17(9-7-15)23(21,22)18-11-14-4-3-5-16(10-14)13(2)20/h3-10,18H,11H2,1-2H3. The first kappa shape index (κ1) is 17.1. The number of benzene rings is 2. The molecule has 2 aromatic carbocycles. The monoisotopic (exact) mass is 331 g/mol. The molecule has 0 aromatic heterocycles. The van der Waals surface area contributed by atoms with E-state index in [4.69, 9.17) is 0 Å². The third-order valence-electron chi connectivity index (χ3n) is 3.37. The largest absolute Gasteiger partial charge is 0.295 e. The topological polar surface area (TPSA) is 80.3 Å². The minimum Gasteiger partial charge on any atom is -0.295 e. The van der Waals surface area contributed by atoms with Crippen molar-refractivity contribution in [1.82, 2.24) is 4.72 Å². The van der Waals surface area contributed by atoms with Crippen molar-refractivity contribution in [3.63, 3.8) is 0 Å². The first-order chi connectivity index (χ1) is 10.8. The van der Waals surface area contributed by atoms with E-state index in [1.165, 1.54) is 38.1 Å². The molecule has 0 aliphatic carbocycles. The molecule has 2 aromatic rings. The zero-order valence-corrected chi connectivity index (χ0v) is 13.7. The van der Waals surface area contributed by atoms with Crippen LogP contribution in [0.1, 0.15) is 40.1 Å². The molecule has 23 heavy (non-hydrogen) atoms. The van der Waals surface area contributed by atoms with Gasteiger partial charge < -0.3 is 0 Å². The molecule has 2 rings (SSSR count). The molecule has 0 saturated heterocycles. The fourth-order valence-electron chi connectivity index (χ4n) is 2.03. The molecule has 0 saturated carbocycles. The van der Waals surface area contributed by atoms with Crippen molar-refractivity contribution in [2.24, 2.45) is 0 Å². The number of Topliss-reactive ketones (excluding diaryl/α,β-unsaturated/α-hetero) is 2. The van der Waals surface area contributed by atoms with Crippen LogP contribution in [0, 0.1) is 0 Å². The summed E-state index contributed by atoms with van der Waals surface area (Å²) in [7, 11) is -3.68. The predicted molar refractivity (Wildman–Crippen MR) is 86.9 cm³/mol. The van der Waals surface area contributed by atoms with Crippen molar-refractivity contribution >= 4 is 21.6 Å². The van der Waals surface area contributed by atoms with E-state index >= 15 is 0 Å². The summed E-state index contributed by atoms with van der Waals surface area (Å²) in [5.41, 5.74) is 1.69. The van der Waals surface area contributed by atoms with Crippen LogP contribution in [-0.4, -0.2) is 20.0 Å². The van der Waals surface area contributed by atoms with Gasteiger partial charge in [0.25, 0.3) is 0 Å². The molecule has 0 radical (unpaired) electrons. The number of nitrogens with one attached hydrogen (secondary N) is 1. The van der Waals surface area contributed by atoms with Crippen molar-refractivity contribution in [3.8, 4) is 0 Å². The molecule has 1 N–H and O–H groups in total. The number of sulfonamides is 1. The lowest BCUT2D eigenvalue weighted by molar-refractivity contribution is 0.100. The molecular formula is C17H17NO4S. The fourth-order valence-corrected chi connectivity index (χ4v) is 3.05. The van der Waals surface area contributed by atoms with E-state index in [1.807, 2.05) is 0 Å². The number of carbonyl (C=O) groups is 2. The van der Waals surface area contributed by atoms with Gasteiger partial charge in [-0.3, -0.25) is 9.59 Å². The first-order valence-electron chi connectivity index (χ1n) is 7.00. The highest BCUT2D eigenvalue weighted by Gasteiger charge is 2.14. The van der Waals surface area contributed by atoms with Gasteiger partial charge in [-0.15, -0.1) is 0 Å². The van der Waals surface area contributed by atoms with E-state index in [0.29, 0.717) is 16.7 Å². The Morgan fingerprint density at radius 1 is 0.913 bits per heavy atom. The van der Waals surface area contributed by atoms with E-state index in [0.717, 1.165) is 0 Å². The summed E-state index contributed by atoms with van der Waals surface area (Å²) < 4.78 is 27.0. The Balaban J connectivity index is 2.14. The molecule has 5 nitrogen and oxygen atoms in total. The van der Waals surface area contributed by atoms with Gasteiger partial charge in [0.2, 0.25) is 10.0 Å². The summed E-state index contributed by atoms with van der Waals surface area (Å²) in [4.78, 5) is 22.6. The maximum Gasteiger partial charge on any atom is 0.240 e. The quantitative estimate of drug-likeness (QED) is 0.825. The number of ketones is 2. The minimum atomic E-state index is -3.68. The second-order valence-corrected chi connectivity index (χ2v) is 6.93.